The summed E-state index contributed by atoms with van der Waals surface area (Å²) in [6.45, 7) is 19.9. The molecular weight excluding hydrogens is 779 g/mol. The van der Waals surface area contributed by atoms with Gasteiger partial charge in [0, 0.05) is 7.11 Å². The molecule has 1 fully saturated rings. The third kappa shape index (κ3) is 17.3. The zero-order valence-corrected chi connectivity index (χ0v) is 37.0. The van der Waals surface area contributed by atoms with Crippen LogP contribution in [0, 0.1) is 0 Å². The molecule has 0 unspecified atom stereocenters. The van der Waals surface area contributed by atoms with Crippen molar-refractivity contribution in [2.75, 3.05) is 79.8 Å². The Hall–Kier alpha value is -3.98. The van der Waals surface area contributed by atoms with Gasteiger partial charge in [0.05, 0.1) is 76.7 Å². The molecule has 0 aliphatic carbocycles. The minimum Gasteiger partial charge on any atom is -0.811 e. The van der Waals surface area contributed by atoms with Crippen molar-refractivity contribution >= 4 is 25.5 Å². The Labute approximate surface area is 350 Å². The lowest BCUT2D eigenvalue weighted by Crippen LogP contribution is -2.62. The molecule has 0 radical (unpaired) electrons. The Bertz CT molecular complexity index is 1670. The number of benzene rings is 3. The molecule has 14 nitrogen and oxygen atoms in total. The Kier molecular flexibility index (Phi) is 22.2. The van der Waals surface area contributed by atoms with E-state index in [0.29, 0.717) is 0 Å². The maximum absolute atomic E-state index is 13.2. The molecule has 1 aliphatic rings. The third-order valence-corrected chi connectivity index (χ3v) is 11.7. The first-order valence-electron chi connectivity index (χ1n) is 20.2. The third-order valence-electron chi connectivity index (χ3n) is 11.0. The summed E-state index contributed by atoms with van der Waals surface area (Å²) in [5, 5.41) is 0. The van der Waals surface area contributed by atoms with Gasteiger partial charge in [0.15, 0.2) is 18.5 Å². The molecule has 5 atom stereocenters. The molecule has 1 aliphatic heterocycles. The van der Waals surface area contributed by atoms with Crippen LogP contribution in [-0.2, 0) is 33.0 Å². The van der Waals surface area contributed by atoms with Crippen molar-refractivity contribution in [3.63, 3.8) is 0 Å². The summed E-state index contributed by atoms with van der Waals surface area (Å²) >= 11 is 0. The van der Waals surface area contributed by atoms with E-state index in [9.17, 15) is 28.7 Å². The van der Waals surface area contributed by atoms with Gasteiger partial charge in [-0.3, -0.25) is 0 Å². The van der Waals surface area contributed by atoms with Gasteiger partial charge in [-0.25, -0.2) is 14.4 Å². The smallest absolute Gasteiger partial charge is 0.338 e. The highest BCUT2D eigenvalue weighted by molar-refractivity contribution is 7.48. The zero-order chi connectivity index (χ0) is 44.1. The van der Waals surface area contributed by atoms with E-state index in [-0.39, 0.29) is 16.7 Å². The second-order valence-corrected chi connectivity index (χ2v) is 16.2. The fourth-order valence-electron chi connectivity index (χ4n) is 5.65. The SMILES string of the molecule is CC[N+](C)(CC)CC.CC[N+](C)(CC)CC.CO[C@H]1O[C@H](COC(=O)c2ccccc2)[C@H](OC(=O)c2ccccc2)[C@H](OCCP(=O)([O-])[O-])[C@H]1OC(=O)c1ccccc1. The van der Waals surface area contributed by atoms with Crippen LogP contribution in [0.3, 0.4) is 0 Å². The van der Waals surface area contributed by atoms with Crippen molar-refractivity contribution in [3.05, 3.63) is 108 Å². The quantitative estimate of drug-likeness (QED) is 0.0732. The average Bonchev–Trinajstić information content (AvgIpc) is 3.27. The lowest BCUT2D eigenvalue weighted by Gasteiger charge is -2.44. The van der Waals surface area contributed by atoms with Crippen molar-refractivity contribution in [1.82, 2.24) is 0 Å². The highest BCUT2D eigenvalue weighted by Crippen LogP contribution is 2.32. The summed E-state index contributed by atoms with van der Waals surface area (Å²) in [6, 6.07) is 24.0. The summed E-state index contributed by atoms with van der Waals surface area (Å²) in [4.78, 5) is 61.7. The fraction of sp³-hybridized carbons (Fsp3) is 0.523. The first-order valence-corrected chi connectivity index (χ1v) is 22.0. The lowest BCUT2D eigenvalue weighted by molar-refractivity contribution is -0.904. The first-order chi connectivity index (χ1) is 28.0. The van der Waals surface area contributed by atoms with E-state index in [2.05, 4.69) is 55.6 Å². The van der Waals surface area contributed by atoms with E-state index in [0.717, 1.165) is 0 Å². The van der Waals surface area contributed by atoms with Gasteiger partial charge in [0.2, 0.25) is 0 Å². The van der Waals surface area contributed by atoms with E-state index in [4.69, 9.17) is 28.4 Å². The number of methoxy groups -OCH3 is 1. The molecule has 1 saturated heterocycles. The van der Waals surface area contributed by atoms with Gasteiger partial charge in [-0.1, -0.05) is 62.2 Å². The van der Waals surface area contributed by atoms with E-state index in [1.807, 2.05) is 0 Å². The Morgan fingerprint density at radius 1 is 0.610 bits per heavy atom. The van der Waals surface area contributed by atoms with Gasteiger partial charge in [0.1, 0.15) is 18.8 Å². The largest absolute Gasteiger partial charge is 0.811 e. The molecule has 15 heteroatoms. The number of quaternary nitrogens is 2. The fourth-order valence-corrected chi connectivity index (χ4v) is 5.98. The van der Waals surface area contributed by atoms with Gasteiger partial charge in [-0.2, -0.15) is 0 Å². The van der Waals surface area contributed by atoms with Crippen LogP contribution in [-0.4, -0.2) is 137 Å². The van der Waals surface area contributed by atoms with Crippen molar-refractivity contribution in [3.8, 4) is 0 Å². The number of nitrogens with zero attached hydrogens (tertiary/aromatic N) is 2. The van der Waals surface area contributed by atoms with E-state index >= 15 is 0 Å². The second kappa shape index (κ2) is 25.6. The molecule has 328 valence electrons. The summed E-state index contributed by atoms with van der Waals surface area (Å²) in [5.74, 6) is -2.31. The van der Waals surface area contributed by atoms with Gasteiger partial charge in [-0.05, 0) is 84.1 Å². The average molecular weight is 845 g/mol. The normalized spacial score (nSPS) is 19.2. The van der Waals surface area contributed by atoms with Gasteiger partial charge in [0.25, 0.3) is 0 Å². The summed E-state index contributed by atoms with van der Waals surface area (Å²) in [5.41, 5.74) is 0.594. The van der Waals surface area contributed by atoms with Gasteiger partial charge < -0.3 is 51.7 Å². The molecule has 0 bridgehead atoms. The lowest BCUT2D eigenvalue weighted by atomic mass is 9.98. The molecule has 0 aromatic heterocycles. The number of hydrogen-bond donors (Lipinski definition) is 0. The minimum absolute atomic E-state index is 0.164. The molecule has 0 spiro atoms. The Morgan fingerprint density at radius 3 is 1.32 bits per heavy atom. The number of hydrogen-bond acceptors (Lipinski definition) is 12. The van der Waals surface area contributed by atoms with Gasteiger partial charge >= 0.3 is 17.9 Å². The topological polar surface area (TPSA) is 170 Å². The predicted molar refractivity (Wildman–Crippen MR) is 222 cm³/mol. The van der Waals surface area contributed by atoms with Crippen LogP contribution in [0.5, 0.6) is 0 Å². The van der Waals surface area contributed by atoms with Crippen molar-refractivity contribution in [2.45, 2.75) is 72.2 Å². The predicted octanol–water partition coefficient (Wildman–Crippen LogP) is 4.95. The maximum Gasteiger partial charge on any atom is 0.338 e. The van der Waals surface area contributed by atoms with E-state index in [1.165, 1.54) is 79.6 Å². The molecule has 0 N–H and O–H groups in total. The van der Waals surface area contributed by atoms with Gasteiger partial charge in [-0.15, -0.1) is 0 Å². The molecule has 4 rings (SSSR count). The number of carbonyl (C=O) groups is 3. The number of carbonyl (C=O) groups excluding carboxylic acids is 3. The summed E-state index contributed by atoms with van der Waals surface area (Å²) in [6.07, 6.45) is -7.71. The molecule has 1 heterocycles. The van der Waals surface area contributed by atoms with Crippen LogP contribution < -0.4 is 9.79 Å². The molecule has 0 saturated carbocycles. The zero-order valence-electron chi connectivity index (χ0n) is 36.2. The Morgan fingerprint density at radius 2 is 0.983 bits per heavy atom. The highest BCUT2D eigenvalue weighted by atomic mass is 31.2. The maximum atomic E-state index is 13.2. The second-order valence-electron chi connectivity index (χ2n) is 14.5. The summed E-state index contributed by atoms with van der Waals surface area (Å²) < 4.78 is 47.9. The van der Waals surface area contributed by atoms with Crippen LogP contribution in [0.15, 0.2) is 91.0 Å². The Balaban J connectivity index is 0.000000630. The minimum atomic E-state index is -4.99. The number of esters is 3. The molecule has 59 heavy (non-hydrogen) atoms. The molecule has 0 amide bonds. The first kappa shape index (κ1) is 51.2. The van der Waals surface area contributed by atoms with Crippen LogP contribution in [0.4, 0.5) is 0 Å². The molecular formula is C44H65N2O12P. The van der Waals surface area contributed by atoms with Crippen LogP contribution in [0.2, 0.25) is 0 Å². The monoisotopic (exact) mass is 844 g/mol. The number of rotatable bonds is 18. The van der Waals surface area contributed by atoms with Crippen molar-refractivity contribution in [2.24, 2.45) is 0 Å². The van der Waals surface area contributed by atoms with E-state index < -0.39 is 75.6 Å². The molecule has 3 aromatic rings. The van der Waals surface area contributed by atoms with Crippen molar-refractivity contribution < 1.29 is 66.1 Å². The highest BCUT2D eigenvalue weighted by Gasteiger charge is 2.52. The summed E-state index contributed by atoms with van der Waals surface area (Å²) in [7, 11) is 0.852. The van der Waals surface area contributed by atoms with Crippen LogP contribution >= 0.6 is 7.60 Å². The number of ether oxygens (including phenoxy) is 6. The van der Waals surface area contributed by atoms with Crippen LogP contribution in [0.25, 0.3) is 0 Å². The van der Waals surface area contributed by atoms with E-state index in [1.54, 1.807) is 66.7 Å². The molecule has 3 aromatic carbocycles. The standard InChI is InChI=1S/C30H31O12P.2C7H18N/c1-37-30-26(42-29(33)22-15-9-4-10-16-22)25(38-17-18-43(34,35)36)24(41-28(32)21-13-7-3-8-14-21)23(40-30)19-39-27(31)20-11-5-2-6-12-20;2*1-5-8(4,6-2)7-3/h2-16,23-26,30H,17-19H2,1H3,(H2,34,35,36);2*5-7H2,1-4H3/q;2*+1/p-2/t23-,24+,25+,26-,30+;;/m1../s1. The van der Waals surface area contributed by atoms with Crippen LogP contribution in [0.1, 0.15) is 72.6 Å². The van der Waals surface area contributed by atoms with Crippen molar-refractivity contribution in [1.29, 1.82) is 0 Å².